The summed E-state index contributed by atoms with van der Waals surface area (Å²) in [5.41, 5.74) is 1.02. The molecule has 8 nitrogen and oxygen atoms in total. The summed E-state index contributed by atoms with van der Waals surface area (Å²) < 4.78 is 61.6. The number of anilines is 1. The summed E-state index contributed by atoms with van der Waals surface area (Å²) in [4.78, 5) is 27.6. The summed E-state index contributed by atoms with van der Waals surface area (Å²) in [5.74, 6) is -0.196. The fourth-order valence-corrected chi connectivity index (χ4v) is 4.67. The monoisotopic (exact) mass is 512 g/mol. The van der Waals surface area contributed by atoms with Crippen LogP contribution in [0.1, 0.15) is 40.2 Å². The normalized spacial score (nSPS) is 15.4. The lowest BCUT2D eigenvalue weighted by molar-refractivity contribution is -0.141. The van der Waals surface area contributed by atoms with E-state index in [1.54, 1.807) is 15.4 Å². The molecule has 1 aliphatic carbocycles. The van der Waals surface area contributed by atoms with Crippen LogP contribution in [0.4, 0.5) is 23.5 Å². The lowest BCUT2D eigenvalue weighted by Gasteiger charge is -2.26. The van der Waals surface area contributed by atoms with E-state index in [0.717, 1.165) is 18.9 Å². The van der Waals surface area contributed by atoms with Crippen LogP contribution in [0.25, 0.3) is 16.6 Å². The number of carbonyl (C=O) groups excluding carboxylic acids is 1. The molecule has 0 bridgehead atoms. The molecule has 4 aromatic rings. The molecule has 0 saturated heterocycles. The Labute approximate surface area is 207 Å². The van der Waals surface area contributed by atoms with Crippen LogP contribution < -0.4 is 10.1 Å². The predicted molar refractivity (Wildman–Crippen MR) is 124 cm³/mol. The molecule has 1 aromatic carbocycles. The third-order valence-electron chi connectivity index (χ3n) is 6.65. The second-order valence-corrected chi connectivity index (χ2v) is 8.97. The van der Waals surface area contributed by atoms with Gasteiger partial charge in [-0.1, -0.05) is 6.07 Å². The smallest absolute Gasteiger partial charge is 0.433 e. The van der Waals surface area contributed by atoms with Gasteiger partial charge in [-0.3, -0.25) is 14.2 Å². The van der Waals surface area contributed by atoms with Gasteiger partial charge in [-0.15, -0.1) is 0 Å². The number of hydrogen-bond donors (Lipinski definition) is 1. The first-order valence-corrected chi connectivity index (χ1v) is 11.5. The molecular weight excluding hydrogens is 492 g/mol. The van der Waals surface area contributed by atoms with E-state index in [1.807, 2.05) is 0 Å². The highest BCUT2D eigenvalue weighted by molar-refractivity contribution is 6.04. The number of carbonyl (C=O) groups is 1. The number of nitrogens with one attached hydrogen (secondary N) is 1. The summed E-state index contributed by atoms with van der Waals surface area (Å²) in [6, 6.07) is 5.42. The zero-order chi connectivity index (χ0) is 25.9. The van der Waals surface area contributed by atoms with Gasteiger partial charge in [0.05, 0.1) is 12.6 Å². The number of pyridine rings is 1. The Morgan fingerprint density at radius 1 is 1.14 bits per heavy atom. The Bertz CT molecular complexity index is 1550. The van der Waals surface area contributed by atoms with Crippen LogP contribution >= 0.6 is 0 Å². The minimum atomic E-state index is -4.62. The van der Waals surface area contributed by atoms with E-state index in [-0.39, 0.29) is 42.2 Å². The average molecular weight is 512 g/mol. The van der Waals surface area contributed by atoms with E-state index >= 15 is 0 Å². The number of alkyl halides is 3. The van der Waals surface area contributed by atoms with Crippen molar-refractivity contribution in [2.75, 3.05) is 12.4 Å². The molecule has 0 unspecified atom stereocenters. The van der Waals surface area contributed by atoms with Crippen molar-refractivity contribution in [3.05, 3.63) is 71.3 Å². The van der Waals surface area contributed by atoms with Gasteiger partial charge in [0, 0.05) is 48.2 Å². The molecule has 2 aliphatic rings. The van der Waals surface area contributed by atoms with Gasteiger partial charge >= 0.3 is 6.18 Å². The van der Waals surface area contributed by atoms with Crippen LogP contribution in [-0.4, -0.2) is 43.3 Å². The van der Waals surface area contributed by atoms with Crippen molar-refractivity contribution in [1.29, 1.82) is 0 Å². The van der Waals surface area contributed by atoms with E-state index in [2.05, 4.69) is 20.3 Å². The first-order valence-electron chi connectivity index (χ1n) is 11.5. The number of imidazole rings is 1. The Morgan fingerprint density at radius 3 is 2.65 bits per heavy atom. The Kier molecular flexibility index (Phi) is 5.28. The van der Waals surface area contributed by atoms with Gasteiger partial charge in [-0.05, 0) is 36.6 Å². The Hall–Kier alpha value is -4.22. The topological polar surface area (TPSA) is 84.7 Å². The molecule has 1 fully saturated rings. The summed E-state index contributed by atoms with van der Waals surface area (Å²) in [6.07, 6.45) is 0.987. The number of halogens is 4. The minimum Gasteiger partial charge on any atom is -0.496 e. The molecule has 37 heavy (non-hydrogen) atoms. The van der Waals surface area contributed by atoms with Crippen molar-refractivity contribution in [3.8, 4) is 16.9 Å². The van der Waals surface area contributed by atoms with Crippen LogP contribution in [0, 0.1) is 5.82 Å². The molecular formula is C25H20F4N6O2. The minimum absolute atomic E-state index is 0.00989. The van der Waals surface area contributed by atoms with Gasteiger partial charge in [0.25, 0.3) is 5.91 Å². The largest absolute Gasteiger partial charge is 0.496 e. The summed E-state index contributed by atoms with van der Waals surface area (Å²) in [7, 11) is 1.44. The number of amides is 1. The number of ether oxygens (including phenoxy) is 1. The van der Waals surface area contributed by atoms with Crippen molar-refractivity contribution >= 4 is 17.4 Å². The van der Waals surface area contributed by atoms with Crippen LogP contribution in [-0.2, 0) is 19.3 Å². The fraction of sp³-hybridized carbons (Fsp3) is 0.280. The van der Waals surface area contributed by atoms with E-state index in [4.69, 9.17) is 4.74 Å². The number of benzene rings is 1. The lowest BCUT2D eigenvalue weighted by atomic mass is 9.98. The number of aromatic nitrogens is 4. The quantitative estimate of drug-likeness (QED) is 0.391. The zero-order valence-electron chi connectivity index (χ0n) is 19.5. The molecule has 1 N–H and O–H groups in total. The maximum Gasteiger partial charge on any atom is 0.433 e. The first kappa shape index (κ1) is 23.2. The van der Waals surface area contributed by atoms with Gasteiger partial charge in [0.2, 0.25) is 5.95 Å². The molecule has 0 radical (unpaired) electrons. The van der Waals surface area contributed by atoms with E-state index in [9.17, 15) is 22.4 Å². The van der Waals surface area contributed by atoms with Crippen LogP contribution in [0.5, 0.6) is 5.75 Å². The fourth-order valence-electron chi connectivity index (χ4n) is 4.67. The molecule has 4 heterocycles. The highest BCUT2D eigenvalue weighted by atomic mass is 19.4. The first-order chi connectivity index (χ1) is 17.8. The maximum absolute atomic E-state index is 14.4. The van der Waals surface area contributed by atoms with Crippen molar-refractivity contribution in [1.82, 2.24) is 24.3 Å². The molecule has 1 saturated carbocycles. The van der Waals surface area contributed by atoms with Gasteiger partial charge in [-0.25, -0.2) is 14.4 Å². The standard InChI is InChI=1S/C25H20F4N6O2/c1-37-19-4-2-3-18(26)17(19)10-32-24-31-9-16-15-8-30-20(25(27,28)29)7-13(15)11-34(14-5-6-14)23(36)21-22(16)35(24)12-33-21/h2-4,7-9,12,14H,5-6,10-11H2,1H3,(H,31,32). The number of methoxy groups -OCH3 is 1. The molecule has 1 aliphatic heterocycles. The summed E-state index contributed by atoms with van der Waals surface area (Å²) in [6.45, 7) is 0.0377. The van der Waals surface area contributed by atoms with E-state index in [1.165, 1.54) is 38.0 Å². The third kappa shape index (κ3) is 3.92. The Balaban J connectivity index is 1.49. The molecule has 0 atom stereocenters. The highest BCUT2D eigenvalue weighted by Crippen LogP contribution is 2.39. The van der Waals surface area contributed by atoms with Gasteiger partial charge < -0.3 is 15.0 Å². The summed E-state index contributed by atoms with van der Waals surface area (Å²) in [5, 5.41) is 3.06. The molecule has 190 valence electrons. The van der Waals surface area contributed by atoms with Crippen molar-refractivity contribution in [2.45, 2.75) is 38.1 Å². The van der Waals surface area contributed by atoms with Crippen molar-refractivity contribution in [3.63, 3.8) is 0 Å². The van der Waals surface area contributed by atoms with Crippen LogP contribution in [0.15, 0.2) is 43.0 Å². The maximum atomic E-state index is 14.4. The summed E-state index contributed by atoms with van der Waals surface area (Å²) >= 11 is 0. The molecule has 12 heteroatoms. The average Bonchev–Trinajstić information content (AvgIpc) is 3.61. The number of nitrogens with zero attached hydrogens (tertiary/aromatic N) is 5. The Morgan fingerprint density at radius 2 is 1.92 bits per heavy atom. The molecule has 0 spiro atoms. The molecule has 3 aromatic heterocycles. The third-order valence-corrected chi connectivity index (χ3v) is 6.65. The zero-order valence-corrected chi connectivity index (χ0v) is 19.5. The number of hydrogen-bond acceptors (Lipinski definition) is 6. The van der Waals surface area contributed by atoms with Gasteiger partial charge in [0.1, 0.15) is 23.6 Å². The second-order valence-electron chi connectivity index (χ2n) is 8.97. The molecule has 1 amide bonds. The van der Waals surface area contributed by atoms with E-state index < -0.39 is 17.7 Å². The van der Waals surface area contributed by atoms with Gasteiger partial charge in [0.15, 0.2) is 5.69 Å². The van der Waals surface area contributed by atoms with Crippen LogP contribution in [0.3, 0.4) is 0 Å². The van der Waals surface area contributed by atoms with Gasteiger partial charge in [-0.2, -0.15) is 13.2 Å². The van der Waals surface area contributed by atoms with Crippen LogP contribution in [0.2, 0.25) is 0 Å². The van der Waals surface area contributed by atoms with E-state index in [0.29, 0.717) is 28.0 Å². The second kappa shape index (κ2) is 8.43. The highest BCUT2D eigenvalue weighted by Gasteiger charge is 2.39. The number of rotatable bonds is 5. The number of fused-ring (bicyclic) bond motifs is 2. The predicted octanol–water partition coefficient (Wildman–Crippen LogP) is 4.69. The van der Waals surface area contributed by atoms with Crippen molar-refractivity contribution in [2.24, 2.45) is 0 Å². The molecule has 6 rings (SSSR count). The SMILES string of the molecule is COc1cccc(F)c1CNc1ncc2c3c(ncn13)C(=O)N(C1CC1)Cc1cc(C(F)(F)F)ncc1-2. The van der Waals surface area contributed by atoms with Crippen molar-refractivity contribution < 1.29 is 27.1 Å². The lowest BCUT2D eigenvalue weighted by Crippen LogP contribution is -2.34.